The zero-order chi connectivity index (χ0) is 14.4. The molecule has 2 rings (SSSR count). The summed E-state index contributed by atoms with van der Waals surface area (Å²) in [7, 11) is 0. The molecule has 6 heteroatoms. The lowest BCUT2D eigenvalue weighted by Gasteiger charge is -2.46. The Bertz CT molecular complexity index is 480. The fourth-order valence-electron chi connectivity index (χ4n) is 2.46. The van der Waals surface area contributed by atoms with Crippen LogP contribution in [0, 0.1) is 6.92 Å². The SMILES string of the molecule is Cc1c(S)cccc1[C@]1(C)OC(O)[C@@H](O)[C@H](O)[C@@H]1O. The Morgan fingerprint density at radius 1 is 1.16 bits per heavy atom. The quantitative estimate of drug-likeness (QED) is 0.466. The van der Waals surface area contributed by atoms with Crippen molar-refractivity contribution in [3.63, 3.8) is 0 Å². The minimum Gasteiger partial charge on any atom is -0.387 e. The Kier molecular flexibility index (Phi) is 3.92. The van der Waals surface area contributed by atoms with Crippen LogP contribution in [0.2, 0.25) is 0 Å². The molecule has 0 aliphatic carbocycles. The van der Waals surface area contributed by atoms with Crippen molar-refractivity contribution in [1.82, 2.24) is 0 Å². The van der Waals surface area contributed by atoms with Gasteiger partial charge in [0.25, 0.3) is 0 Å². The van der Waals surface area contributed by atoms with Gasteiger partial charge in [0.1, 0.15) is 23.9 Å². The van der Waals surface area contributed by atoms with E-state index < -0.39 is 30.2 Å². The van der Waals surface area contributed by atoms with Gasteiger partial charge in [0.2, 0.25) is 0 Å². The van der Waals surface area contributed by atoms with Crippen molar-refractivity contribution in [3.05, 3.63) is 29.3 Å². The van der Waals surface area contributed by atoms with Crippen molar-refractivity contribution in [2.75, 3.05) is 0 Å². The molecule has 4 N–H and O–H groups in total. The zero-order valence-corrected chi connectivity index (χ0v) is 11.6. The lowest BCUT2D eigenvalue weighted by molar-refractivity contribution is -0.320. The highest BCUT2D eigenvalue weighted by atomic mass is 32.1. The standard InChI is InChI=1S/C13H18O5S/c1-6-7(4-3-5-8(6)19)13(2)11(16)9(14)10(15)12(17)18-13/h3-5,9-12,14-17,19H,1-2H3/t9-,10-,11-,12?,13-/m0/s1. The second-order valence-corrected chi connectivity index (χ2v) is 5.47. The third kappa shape index (κ3) is 2.29. The number of rotatable bonds is 1. The number of thiol groups is 1. The van der Waals surface area contributed by atoms with Crippen LogP contribution in [0.15, 0.2) is 23.1 Å². The molecular formula is C13H18O5S. The van der Waals surface area contributed by atoms with E-state index >= 15 is 0 Å². The Balaban J connectivity index is 2.49. The van der Waals surface area contributed by atoms with E-state index in [9.17, 15) is 20.4 Å². The molecule has 0 aromatic heterocycles. The van der Waals surface area contributed by atoms with E-state index in [0.29, 0.717) is 10.5 Å². The largest absolute Gasteiger partial charge is 0.387 e. The van der Waals surface area contributed by atoms with Crippen LogP contribution in [-0.2, 0) is 10.3 Å². The van der Waals surface area contributed by atoms with E-state index in [-0.39, 0.29) is 0 Å². The van der Waals surface area contributed by atoms with Crippen molar-refractivity contribution in [1.29, 1.82) is 0 Å². The third-order valence-corrected chi connectivity index (χ3v) is 4.22. The summed E-state index contributed by atoms with van der Waals surface area (Å²) in [5, 5.41) is 39.2. The van der Waals surface area contributed by atoms with Crippen LogP contribution in [-0.4, -0.2) is 45.0 Å². The summed E-state index contributed by atoms with van der Waals surface area (Å²) in [6.45, 7) is 3.37. The van der Waals surface area contributed by atoms with Gasteiger partial charge >= 0.3 is 0 Å². The zero-order valence-electron chi connectivity index (χ0n) is 10.7. The number of benzene rings is 1. The van der Waals surface area contributed by atoms with Gasteiger partial charge in [0.05, 0.1) is 0 Å². The first-order valence-corrected chi connectivity index (χ1v) is 6.43. The predicted molar refractivity (Wildman–Crippen MR) is 70.9 cm³/mol. The highest BCUT2D eigenvalue weighted by molar-refractivity contribution is 7.80. The molecule has 1 aromatic carbocycles. The van der Waals surface area contributed by atoms with Crippen LogP contribution in [0.25, 0.3) is 0 Å². The molecule has 0 bridgehead atoms. The first kappa shape index (κ1) is 14.8. The minimum absolute atomic E-state index is 0.609. The molecule has 1 saturated heterocycles. The van der Waals surface area contributed by atoms with Gasteiger partial charge in [-0.25, -0.2) is 0 Å². The van der Waals surface area contributed by atoms with Gasteiger partial charge in [-0.2, -0.15) is 0 Å². The predicted octanol–water partition coefficient (Wildman–Crippen LogP) is -0.0698. The fourth-order valence-corrected chi connectivity index (χ4v) is 2.66. The molecule has 1 aromatic rings. The second-order valence-electron chi connectivity index (χ2n) is 4.99. The molecule has 1 unspecified atom stereocenters. The van der Waals surface area contributed by atoms with Crippen LogP contribution in [0.1, 0.15) is 18.1 Å². The van der Waals surface area contributed by atoms with Crippen LogP contribution >= 0.6 is 12.6 Å². The molecule has 106 valence electrons. The monoisotopic (exact) mass is 286 g/mol. The number of hydrogen-bond acceptors (Lipinski definition) is 6. The normalized spacial score (nSPS) is 39.3. The fraction of sp³-hybridized carbons (Fsp3) is 0.538. The molecular weight excluding hydrogens is 268 g/mol. The summed E-state index contributed by atoms with van der Waals surface area (Å²) >= 11 is 4.31. The summed E-state index contributed by atoms with van der Waals surface area (Å²) < 4.78 is 5.35. The molecule has 1 aliphatic rings. The van der Waals surface area contributed by atoms with Gasteiger partial charge in [0, 0.05) is 4.90 Å². The van der Waals surface area contributed by atoms with Crippen molar-refractivity contribution in [3.8, 4) is 0 Å². The van der Waals surface area contributed by atoms with Crippen molar-refractivity contribution >= 4 is 12.6 Å². The van der Waals surface area contributed by atoms with E-state index in [4.69, 9.17) is 4.74 Å². The summed E-state index contributed by atoms with van der Waals surface area (Å²) in [4.78, 5) is 0.713. The minimum atomic E-state index is -1.56. The Morgan fingerprint density at radius 3 is 2.42 bits per heavy atom. The molecule has 1 fully saturated rings. The van der Waals surface area contributed by atoms with Crippen LogP contribution in [0.4, 0.5) is 0 Å². The maximum absolute atomic E-state index is 10.2. The molecule has 5 atom stereocenters. The number of aliphatic hydroxyl groups is 4. The van der Waals surface area contributed by atoms with Gasteiger partial charge in [-0.3, -0.25) is 0 Å². The number of ether oxygens (including phenoxy) is 1. The first-order chi connectivity index (χ1) is 8.79. The van der Waals surface area contributed by atoms with E-state index in [2.05, 4.69) is 12.6 Å². The van der Waals surface area contributed by atoms with Crippen molar-refractivity contribution < 1.29 is 25.2 Å². The van der Waals surface area contributed by atoms with Gasteiger partial charge in [0.15, 0.2) is 6.29 Å². The molecule has 0 saturated carbocycles. The highest BCUT2D eigenvalue weighted by Crippen LogP contribution is 2.39. The topological polar surface area (TPSA) is 90.2 Å². The summed E-state index contributed by atoms with van der Waals surface area (Å²) in [6.07, 6.45) is -5.95. The molecule has 0 radical (unpaired) electrons. The molecule has 0 spiro atoms. The highest BCUT2D eigenvalue weighted by Gasteiger charge is 2.51. The van der Waals surface area contributed by atoms with Crippen LogP contribution in [0.3, 0.4) is 0 Å². The van der Waals surface area contributed by atoms with E-state index in [1.54, 1.807) is 25.1 Å². The molecule has 19 heavy (non-hydrogen) atoms. The third-order valence-electron chi connectivity index (χ3n) is 3.74. The van der Waals surface area contributed by atoms with Crippen molar-refractivity contribution in [2.24, 2.45) is 0 Å². The summed E-state index contributed by atoms with van der Waals surface area (Å²) in [5.41, 5.74) is 0.0709. The molecule has 1 aliphatic heterocycles. The van der Waals surface area contributed by atoms with Crippen LogP contribution in [0.5, 0.6) is 0 Å². The summed E-state index contributed by atoms with van der Waals surface area (Å²) in [6, 6.07) is 5.27. The maximum atomic E-state index is 10.2. The smallest absolute Gasteiger partial charge is 0.184 e. The van der Waals surface area contributed by atoms with Gasteiger partial charge in [-0.15, -0.1) is 12.6 Å². The molecule has 5 nitrogen and oxygen atoms in total. The van der Waals surface area contributed by atoms with Gasteiger partial charge < -0.3 is 25.2 Å². The summed E-state index contributed by atoms with van der Waals surface area (Å²) in [5.74, 6) is 0. The number of aliphatic hydroxyl groups excluding tert-OH is 4. The number of hydrogen-bond donors (Lipinski definition) is 5. The van der Waals surface area contributed by atoms with Gasteiger partial charge in [-0.1, -0.05) is 12.1 Å². The lowest BCUT2D eigenvalue weighted by Crippen LogP contribution is -2.61. The maximum Gasteiger partial charge on any atom is 0.184 e. The van der Waals surface area contributed by atoms with Gasteiger partial charge in [-0.05, 0) is 31.0 Å². The second kappa shape index (κ2) is 5.05. The lowest BCUT2D eigenvalue weighted by atomic mass is 9.81. The van der Waals surface area contributed by atoms with E-state index in [1.807, 2.05) is 6.92 Å². The van der Waals surface area contributed by atoms with E-state index in [1.165, 1.54) is 0 Å². The molecule has 0 amide bonds. The Hall–Kier alpha value is -0.630. The first-order valence-electron chi connectivity index (χ1n) is 5.98. The Labute approximate surface area is 116 Å². The average Bonchev–Trinajstić information content (AvgIpc) is 2.37. The van der Waals surface area contributed by atoms with Crippen molar-refractivity contribution in [2.45, 2.75) is 48.9 Å². The Morgan fingerprint density at radius 2 is 1.79 bits per heavy atom. The van der Waals surface area contributed by atoms with Crippen LogP contribution < -0.4 is 0 Å². The average molecular weight is 286 g/mol. The van der Waals surface area contributed by atoms with E-state index in [0.717, 1.165) is 5.56 Å². The molecule has 1 heterocycles.